The van der Waals surface area contributed by atoms with Crippen LogP contribution in [0.1, 0.15) is 66.4 Å². The molecule has 1 aliphatic rings. The maximum atomic E-state index is 14.1. The van der Waals surface area contributed by atoms with Gasteiger partial charge in [0.05, 0.1) is 19.8 Å². The average Bonchev–Trinajstić information content (AvgIpc) is 3.28. The average molecular weight is 607 g/mol. The number of rotatable bonds is 11. The Labute approximate surface area is 251 Å². The van der Waals surface area contributed by atoms with Crippen molar-refractivity contribution < 1.29 is 38.1 Å². The van der Waals surface area contributed by atoms with Gasteiger partial charge in [-0.05, 0) is 63.7 Å². The van der Waals surface area contributed by atoms with Crippen LogP contribution in [0.5, 0.6) is 0 Å². The summed E-state index contributed by atoms with van der Waals surface area (Å²) in [7, 11) is -1.15. The molecule has 0 aromatic heterocycles. The first kappa shape index (κ1) is 35.3. The van der Waals surface area contributed by atoms with Gasteiger partial charge < -0.3 is 29.1 Å². The fourth-order valence-electron chi connectivity index (χ4n) is 4.77. The van der Waals surface area contributed by atoms with Gasteiger partial charge in [0.1, 0.15) is 18.3 Å². The molecular formula is C31H50N2O8Si. The number of nitrogens with one attached hydrogen (secondary N) is 1. The molecule has 2 rings (SSSR count). The normalized spacial score (nSPS) is 20.8. The van der Waals surface area contributed by atoms with E-state index in [1.807, 2.05) is 43.4 Å². The van der Waals surface area contributed by atoms with Crippen molar-refractivity contribution >= 4 is 26.5 Å². The van der Waals surface area contributed by atoms with Crippen LogP contribution < -0.4 is 5.32 Å². The van der Waals surface area contributed by atoms with Crippen LogP contribution in [0.2, 0.25) is 18.1 Å². The molecule has 0 saturated carbocycles. The first-order valence-corrected chi connectivity index (χ1v) is 17.3. The van der Waals surface area contributed by atoms with E-state index in [1.165, 1.54) is 12.0 Å². The van der Waals surface area contributed by atoms with E-state index in [2.05, 4.69) is 32.7 Å². The van der Waals surface area contributed by atoms with Gasteiger partial charge in [0.25, 0.3) is 0 Å². The molecule has 2 N–H and O–H groups in total. The summed E-state index contributed by atoms with van der Waals surface area (Å²) in [4.78, 5) is 41.7. The van der Waals surface area contributed by atoms with E-state index < -0.39 is 55.8 Å². The monoisotopic (exact) mass is 606 g/mol. The Morgan fingerprint density at radius 1 is 1.17 bits per heavy atom. The first-order valence-electron chi connectivity index (χ1n) is 14.4. The summed E-state index contributed by atoms with van der Waals surface area (Å²) < 4.78 is 22.8. The lowest BCUT2D eigenvalue weighted by Gasteiger charge is -2.44. The lowest BCUT2D eigenvalue weighted by atomic mass is 9.85. The number of methoxy groups -OCH3 is 1. The van der Waals surface area contributed by atoms with E-state index in [0.29, 0.717) is 12.8 Å². The van der Waals surface area contributed by atoms with Crippen molar-refractivity contribution in [2.45, 2.75) is 115 Å². The number of likely N-dealkylation sites (tertiary alicyclic amines) is 1. The highest BCUT2D eigenvalue weighted by molar-refractivity contribution is 6.74. The highest BCUT2D eigenvalue weighted by atomic mass is 28.4. The Morgan fingerprint density at radius 3 is 2.31 bits per heavy atom. The maximum absolute atomic E-state index is 14.1. The van der Waals surface area contributed by atoms with Crippen molar-refractivity contribution in [2.75, 3.05) is 13.7 Å². The third kappa shape index (κ3) is 8.58. The summed E-state index contributed by atoms with van der Waals surface area (Å²) >= 11 is 0. The molecule has 11 heteroatoms. The van der Waals surface area contributed by atoms with Gasteiger partial charge in [0, 0.05) is 6.04 Å². The molecule has 0 spiro atoms. The zero-order valence-electron chi connectivity index (χ0n) is 26.7. The van der Waals surface area contributed by atoms with E-state index in [-0.39, 0.29) is 24.7 Å². The van der Waals surface area contributed by atoms with Gasteiger partial charge in [-0.2, -0.15) is 0 Å². The Bertz CT molecular complexity index is 1080. The minimum Gasteiger partial charge on any atom is -0.459 e. The second kappa shape index (κ2) is 14.1. The number of ether oxygens (including phenoxy) is 3. The number of carbonyl (C=O) groups is 3. The molecule has 0 radical (unpaired) electrons. The van der Waals surface area contributed by atoms with E-state index in [0.717, 1.165) is 5.56 Å². The van der Waals surface area contributed by atoms with Crippen LogP contribution >= 0.6 is 0 Å². The molecule has 1 fully saturated rings. The quantitative estimate of drug-likeness (QED) is 0.145. The van der Waals surface area contributed by atoms with E-state index in [4.69, 9.17) is 18.6 Å². The maximum Gasteiger partial charge on any atom is 0.410 e. The summed E-state index contributed by atoms with van der Waals surface area (Å²) in [6.07, 6.45) is -0.759. The van der Waals surface area contributed by atoms with E-state index in [9.17, 15) is 19.5 Å². The van der Waals surface area contributed by atoms with Crippen LogP contribution in [0.15, 0.2) is 43.0 Å². The van der Waals surface area contributed by atoms with Gasteiger partial charge in [-0.15, -0.1) is 6.58 Å². The first-order chi connectivity index (χ1) is 19.4. The van der Waals surface area contributed by atoms with Crippen molar-refractivity contribution in [3.05, 3.63) is 48.6 Å². The molecule has 1 saturated heterocycles. The lowest BCUT2D eigenvalue weighted by molar-refractivity contribution is -0.167. The number of hydrogen-bond donors (Lipinski definition) is 2. The molecule has 42 heavy (non-hydrogen) atoms. The third-order valence-electron chi connectivity index (χ3n) is 8.03. The Balaban J connectivity index is 2.59. The highest BCUT2D eigenvalue weighted by Crippen LogP contribution is 2.42. The molecule has 236 valence electrons. The number of nitrogens with zero attached hydrogens (tertiary/aromatic N) is 1. The zero-order valence-corrected chi connectivity index (χ0v) is 27.7. The molecule has 1 aliphatic heterocycles. The molecule has 0 aliphatic carbocycles. The van der Waals surface area contributed by atoms with Crippen molar-refractivity contribution in [3.63, 3.8) is 0 Å². The zero-order chi connectivity index (χ0) is 31.9. The molecule has 1 aromatic carbocycles. The van der Waals surface area contributed by atoms with Gasteiger partial charge in [-0.25, -0.2) is 14.4 Å². The summed E-state index contributed by atoms with van der Waals surface area (Å²) in [5.74, 6) is -0.806. The number of carbonyl (C=O) groups excluding carboxylic acids is 3. The SMILES string of the molecule is C=CC[C@H]1CC[C@](C(=O)OCc2ccccc2)([C@H](O)[C@@H](CO[Si](C)(C)C(C)(C)C)NC(=O)OC(C)(C)C)N1C(=O)OC. The predicted octanol–water partition coefficient (Wildman–Crippen LogP) is 5.55. The van der Waals surface area contributed by atoms with Crippen LogP contribution in [0.4, 0.5) is 9.59 Å². The molecule has 1 aromatic rings. The van der Waals surface area contributed by atoms with Crippen molar-refractivity contribution in [2.24, 2.45) is 0 Å². The van der Waals surface area contributed by atoms with Gasteiger partial charge in [-0.3, -0.25) is 4.90 Å². The van der Waals surface area contributed by atoms with Crippen LogP contribution in [-0.2, 0) is 30.0 Å². The number of amides is 2. The van der Waals surface area contributed by atoms with E-state index >= 15 is 0 Å². The molecule has 4 atom stereocenters. The smallest absolute Gasteiger partial charge is 0.410 e. The highest BCUT2D eigenvalue weighted by Gasteiger charge is 2.62. The Hall–Kier alpha value is -2.89. The molecule has 0 bridgehead atoms. The van der Waals surface area contributed by atoms with E-state index in [1.54, 1.807) is 26.8 Å². The van der Waals surface area contributed by atoms with Crippen molar-refractivity contribution in [3.8, 4) is 0 Å². The number of alkyl carbamates (subject to hydrolysis) is 1. The topological polar surface area (TPSA) is 124 Å². The van der Waals surface area contributed by atoms with Crippen LogP contribution in [0, 0.1) is 0 Å². The standard InChI is InChI=1S/C31H50N2O8Si/c1-11-15-23-18-19-31(33(23)28(37)38-8,26(35)39-20-22-16-13-12-14-17-22)25(34)24(32-27(36)41-29(2,3)4)21-40-42(9,10)30(5,6)7/h11-14,16-17,23-25,34H,1,15,18-21H2,2-10H3,(H,32,36)/t23-,24+,25+,31+/m0/s1. The van der Waals surface area contributed by atoms with Gasteiger partial charge >= 0.3 is 18.2 Å². The second-order valence-electron chi connectivity index (χ2n) is 13.3. The van der Waals surface area contributed by atoms with Crippen molar-refractivity contribution in [1.29, 1.82) is 0 Å². The fourth-order valence-corrected chi connectivity index (χ4v) is 5.79. The lowest BCUT2D eigenvalue weighted by Crippen LogP contribution is -2.68. The molecule has 2 amide bonds. The summed E-state index contributed by atoms with van der Waals surface area (Å²) in [5, 5.41) is 14.7. The minimum absolute atomic E-state index is 0.0695. The Kier molecular flexibility index (Phi) is 11.8. The molecule has 10 nitrogen and oxygen atoms in total. The van der Waals surface area contributed by atoms with Crippen molar-refractivity contribution in [1.82, 2.24) is 10.2 Å². The summed E-state index contributed by atoms with van der Waals surface area (Å²) in [6.45, 7) is 19.1. The number of hydrogen-bond acceptors (Lipinski definition) is 8. The molecule has 0 unspecified atom stereocenters. The number of aliphatic hydroxyl groups is 1. The second-order valence-corrected chi connectivity index (χ2v) is 18.1. The number of benzene rings is 1. The molecular weight excluding hydrogens is 556 g/mol. The summed E-state index contributed by atoms with van der Waals surface area (Å²) in [5.41, 5.74) is -1.95. The van der Waals surface area contributed by atoms with Crippen LogP contribution in [-0.4, -0.2) is 79.5 Å². The van der Waals surface area contributed by atoms with Gasteiger partial charge in [-0.1, -0.05) is 57.2 Å². The third-order valence-corrected chi connectivity index (χ3v) is 12.5. The molecule has 1 heterocycles. The Morgan fingerprint density at radius 2 is 1.79 bits per heavy atom. The van der Waals surface area contributed by atoms with Gasteiger partial charge in [0.15, 0.2) is 13.9 Å². The van der Waals surface area contributed by atoms with Crippen LogP contribution in [0.3, 0.4) is 0 Å². The van der Waals surface area contributed by atoms with Gasteiger partial charge in [0.2, 0.25) is 0 Å². The van der Waals surface area contributed by atoms with Crippen LogP contribution in [0.25, 0.3) is 0 Å². The fraction of sp³-hybridized carbons (Fsp3) is 0.645. The largest absolute Gasteiger partial charge is 0.459 e. The number of esters is 1. The minimum atomic E-state index is -2.37. The number of aliphatic hydroxyl groups excluding tert-OH is 1. The summed E-state index contributed by atoms with van der Waals surface area (Å²) in [6, 6.07) is 7.49. The predicted molar refractivity (Wildman–Crippen MR) is 163 cm³/mol.